The fraction of sp³-hybridized carbons (Fsp3) is 0.333. The van der Waals surface area contributed by atoms with Crippen LogP contribution in [0.25, 0.3) is 11.0 Å². The molecule has 2 heterocycles. The molecule has 1 aromatic heterocycles. The molecule has 11 heteroatoms. The summed E-state index contributed by atoms with van der Waals surface area (Å²) in [5.41, 5.74) is 2.56. The van der Waals surface area contributed by atoms with Crippen molar-refractivity contribution in [2.45, 2.75) is 29.7 Å². The first kappa shape index (κ1) is 29.1. The highest BCUT2D eigenvalue weighted by Gasteiger charge is 2.30. The number of halogens is 1. The van der Waals surface area contributed by atoms with E-state index in [4.69, 9.17) is 24.2 Å². The molecule has 10 nitrogen and oxygen atoms in total. The van der Waals surface area contributed by atoms with Gasteiger partial charge in [0.2, 0.25) is 0 Å². The molecule has 1 aliphatic rings. The Morgan fingerprint density at radius 2 is 1.84 bits per heavy atom. The predicted octanol–water partition coefficient (Wildman–Crippen LogP) is 4.77. The van der Waals surface area contributed by atoms with Gasteiger partial charge in [-0.1, -0.05) is 39.9 Å². The second-order valence-electron chi connectivity index (χ2n) is 8.54. The molecule has 0 bridgehead atoms. The van der Waals surface area contributed by atoms with E-state index in [1.54, 1.807) is 32.2 Å². The summed E-state index contributed by atoms with van der Waals surface area (Å²) in [6, 6.07) is 13.4. The number of carbonyl (C=O) groups is 3. The molecule has 2 N–H and O–H groups in total. The number of carboxylic acid groups (broad SMARTS) is 2. The lowest BCUT2D eigenvalue weighted by molar-refractivity contribution is -0.134. The van der Waals surface area contributed by atoms with E-state index in [0.29, 0.717) is 45.8 Å². The fourth-order valence-corrected chi connectivity index (χ4v) is 5.26. The largest absolute Gasteiger partial charge is 0.493 e. The Hall–Kier alpha value is -3.45. The lowest BCUT2D eigenvalue weighted by Crippen LogP contribution is -2.40. The van der Waals surface area contributed by atoms with Gasteiger partial charge >= 0.3 is 11.9 Å². The van der Waals surface area contributed by atoms with Gasteiger partial charge in [0.15, 0.2) is 22.9 Å². The molecule has 38 heavy (non-hydrogen) atoms. The number of carboxylic acids is 2. The topological polar surface area (TPSA) is 139 Å². The lowest BCUT2D eigenvalue weighted by atomic mass is 9.91. The van der Waals surface area contributed by atoms with E-state index < -0.39 is 11.9 Å². The Morgan fingerprint density at radius 1 is 1.13 bits per heavy atom. The smallest absolute Gasteiger partial charge is 0.328 e. The number of rotatable bonds is 9. The van der Waals surface area contributed by atoms with Crippen molar-refractivity contribution in [1.82, 2.24) is 10.1 Å². The van der Waals surface area contributed by atoms with Gasteiger partial charge in [0.25, 0.3) is 0 Å². The van der Waals surface area contributed by atoms with Crippen LogP contribution in [0.5, 0.6) is 11.5 Å². The van der Waals surface area contributed by atoms with Crippen LogP contribution in [0.15, 0.2) is 59.1 Å². The van der Waals surface area contributed by atoms with E-state index in [-0.39, 0.29) is 5.78 Å². The molecule has 0 radical (unpaired) electrons. The lowest BCUT2D eigenvalue weighted by Gasteiger charge is -2.35. The number of nitrogens with zero attached hydrogens (tertiary/aromatic N) is 2. The number of methoxy groups -OCH3 is 1. The fourth-order valence-electron chi connectivity index (χ4n) is 4.08. The summed E-state index contributed by atoms with van der Waals surface area (Å²) in [5, 5.41) is 21.1. The van der Waals surface area contributed by atoms with Crippen LogP contribution in [0.4, 0.5) is 0 Å². The van der Waals surface area contributed by atoms with Gasteiger partial charge in [0.05, 0.1) is 16.9 Å². The molecule has 3 aromatic rings. The number of fused-ring (bicyclic) bond motifs is 1. The summed E-state index contributed by atoms with van der Waals surface area (Å²) < 4.78 is 17.3. The highest BCUT2D eigenvalue weighted by Crippen LogP contribution is 2.37. The molecule has 2 aromatic carbocycles. The third-order valence-corrected chi connectivity index (χ3v) is 7.30. The average Bonchev–Trinajstić information content (AvgIpc) is 3.33. The van der Waals surface area contributed by atoms with Gasteiger partial charge in [-0.25, -0.2) is 9.59 Å². The Balaban J connectivity index is 0.000000436. The van der Waals surface area contributed by atoms with Crippen LogP contribution in [-0.2, 0) is 9.59 Å². The van der Waals surface area contributed by atoms with Crippen LogP contribution in [-0.4, -0.2) is 68.8 Å². The van der Waals surface area contributed by atoms with Crippen LogP contribution in [0, 0.1) is 0 Å². The third-order valence-electron chi connectivity index (χ3n) is 6.01. The standard InChI is InChI=1S/C23H25IN2O4.C4H4O4/c1-15(27)16-7-8-20(21(13-16)28-2)29-12-11-26-10-9-17(14-22(26)24)23-18-5-3-4-6-19(18)30-25-23;5-3(6)1-2-4(7)8/h3-8,13,17,22H,9-12,14H2,1-2H3;1-2H,(H,5,6)(H,7,8). The second kappa shape index (κ2) is 13.9. The minimum Gasteiger partial charge on any atom is -0.493 e. The van der Waals surface area contributed by atoms with Gasteiger partial charge in [-0.2, -0.15) is 0 Å². The van der Waals surface area contributed by atoms with Crippen LogP contribution in [0.1, 0.15) is 41.7 Å². The minimum atomic E-state index is -1.26. The maximum absolute atomic E-state index is 11.6. The Bertz CT molecular complexity index is 1290. The summed E-state index contributed by atoms with van der Waals surface area (Å²) >= 11 is 2.51. The first-order valence-electron chi connectivity index (χ1n) is 11.9. The summed E-state index contributed by atoms with van der Waals surface area (Å²) in [6.07, 6.45) is 3.20. The Morgan fingerprint density at radius 3 is 2.47 bits per heavy atom. The molecule has 202 valence electrons. The molecule has 0 amide bonds. The zero-order valence-electron chi connectivity index (χ0n) is 21.0. The average molecular weight is 636 g/mol. The maximum Gasteiger partial charge on any atom is 0.328 e. The zero-order chi connectivity index (χ0) is 27.7. The van der Waals surface area contributed by atoms with Crippen molar-refractivity contribution in [2.24, 2.45) is 0 Å². The minimum absolute atomic E-state index is 0.00960. The van der Waals surface area contributed by atoms with E-state index >= 15 is 0 Å². The van der Waals surface area contributed by atoms with Gasteiger partial charge in [0, 0.05) is 35.6 Å². The second-order valence-corrected chi connectivity index (χ2v) is 9.97. The van der Waals surface area contributed by atoms with Crippen LogP contribution in [0.2, 0.25) is 0 Å². The number of piperidine rings is 1. The molecule has 1 aliphatic heterocycles. The number of ether oxygens (including phenoxy) is 2. The maximum atomic E-state index is 11.6. The van der Waals surface area contributed by atoms with Crippen molar-refractivity contribution in [1.29, 1.82) is 0 Å². The van der Waals surface area contributed by atoms with Gasteiger partial charge in [0.1, 0.15) is 6.61 Å². The van der Waals surface area contributed by atoms with Crippen LogP contribution < -0.4 is 9.47 Å². The number of Topliss-reactive ketones (excluding diaryl/α,β-unsaturated/α-hetero) is 1. The molecular weight excluding hydrogens is 607 g/mol. The monoisotopic (exact) mass is 636 g/mol. The van der Waals surface area contributed by atoms with Crippen molar-refractivity contribution in [3.05, 3.63) is 65.9 Å². The van der Waals surface area contributed by atoms with Gasteiger partial charge in [-0.05, 0) is 56.6 Å². The number of likely N-dealkylation sites (tertiary alicyclic amines) is 1. The van der Waals surface area contributed by atoms with Gasteiger partial charge < -0.3 is 24.2 Å². The highest BCUT2D eigenvalue weighted by atomic mass is 127. The van der Waals surface area contributed by atoms with E-state index in [1.807, 2.05) is 18.2 Å². The normalized spacial score (nSPS) is 17.6. The van der Waals surface area contributed by atoms with Gasteiger partial charge in [-0.15, -0.1) is 0 Å². The number of benzene rings is 2. The molecule has 2 unspecified atom stereocenters. The number of aromatic nitrogens is 1. The molecule has 0 saturated carbocycles. The van der Waals surface area contributed by atoms with Crippen molar-refractivity contribution >= 4 is 51.3 Å². The SMILES string of the molecule is COc1cc(C(C)=O)ccc1OCCN1CCC(c2noc3ccccc23)CC1I.O=C(O)C=CC(=O)O. The first-order valence-corrected chi connectivity index (χ1v) is 13.1. The Labute approximate surface area is 233 Å². The number of para-hydroxylation sites is 1. The number of ketones is 1. The summed E-state index contributed by atoms with van der Waals surface area (Å²) in [4.78, 5) is 33.1. The predicted molar refractivity (Wildman–Crippen MR) is 148 cm³/mol. The molecular formula is C27H29IN2O8. The zero-order valence-corrected chi connectivity index (χ0v) is 23.2. The van der Waals surface area contributed by atoms with Crippen molar-refractivity contribution in [3.63, 3.8) is 0 Å². The number of alkyl halides is 1. The molecule has 0 spiro atoms. The van der Waals surface area contributed by atoms with Crippen LogP contribution in [0.3, 0.4) is 0 Å². The summed E-state index contributed by atoms with van der Waals surface area (Å²) in [6.45, 7) is 3.93. The van der Waals surface area contributed by atoms with E-state index in [2.05, 4.69) is 38.7 Å². The number of carbonyl (C=O) groups excluding carboxylic acids is 1. The number of hydrogen-bond donors (Lipinski definition) is 2. The molecule has 2 atom stereocenters. The molecule has 4 rings (SSSR count). The van der Waals surface area contributed by atoms with E-state index in [1.165, 1.54) is 0 Å². The quantitative estimate of drug-likeness (QED) is 0.111. The third kappa shape index (κ3) is 8.02. The van der Waals surface area contributed by atoms with Crippen LogP contribution >= 0.6 is 22.6 Å². The molecule has 0 aliphatic carbocycles. The number of hydrogen-bond acceptors (Lipinski definition) is 8. The summed E-state index contributed by atoms with van der Waals surface area (Å²) in [5.74, 6) is -0.844. The van der Waals surface area contributed by atoms with Crippen molar-refractivity contribution in [2.75, 3.05) is 26.8 Å². The highest BCUT2D eigenvalue weighted by molar-refractivity contribution is 14.1. The Kier molecular flexibility index (Phi) is 10.7. The number of aliphatic carboxylic acids is 2. The molecule has 1 fully saturated rings. The van der Waals surface area contributed by atoms with Crippen molar-refractivity contribution in [3.8, 4) is 11.5 Å². The molecule has 1 saturated heterocycles. The van der Waals surface area contributed by atoms with Crippen molar-refractivity contribution < 1.29 is 38.6 Å². The van der Waals surface area contributed by atoms with Gasteiger partial charge in [-0.3, -0.25) is 9.69 Å². The van der Waals surface area contributed by atoms with E-state index in [9.17, 15) is 14.4 Å². The summed E-state index contributed by atoms with van der Waals surface area (Å²) in [7, 11) is 1.59. The first-order chi connectivity index (χ1) is 18.2. The van der Waals surface area contributed by atoms with E-state index in [0.717, 1.165) is 42.6 Å².